The molecule has 8 heteroatoms. The van der Waals surface area contributed by atoms with Crippen LogP contribution in [0.2, 0.25) is 10.0 Å². The highest BCUT2D eigenvalue weighted by molar-refractivity contribution is 7.89. The van der Waals surface area contributed by atoms with Gasteiger partial charge in [-0.3, -0.25) is 4.79 Å². The minimum absolute atomic E-state index is 0.0744. The summed E-state index contributed by atoms with van der Waals surface area (Å²) in [5, 5.41) is 3.20. The van der Waals surface area contributed by atoms with E-state index < -0.39 is 15.9 Å². The van der Waals surface area contributed by atoms with E-state index in [1.54, 1.807) is 37.3 Å². The van der Waals surface area contributed by atoms with Crippen LogP contribution in [0.15, 0.2) is 41.3 Å². The van der Waals surface area contributed by atoms with Crippen LogP contribution in [0.1, 0.15) is 15.9 Å². The number of nitrogens with one attached hydrogen (secondary N) is 1. The quantitative estimate of drug-likeness (QED) is 0.868. The Balaban J connectivity index is 2.42. The largest absolute Gasteiger partial charge is 0.319 e. The van der Waals surface area contributed by atoms with Crippen LogP contribution < -0.4 is 5.32 Å². The predicted molar refractivity (Wildman–Crippen MR) is 96.5 cm³/mol. The van der Waals surface area contributed by atoms with Crippen LogP contribution in [0.25, 0.3) is 0 Å². The smallest absolute Gasteiger partial charge is 0.255 e. The van der Waals surface area contributed by atoms with E-state index in [0.717, 1.165) is 4.31 Å². The van der Waals surface area contributed by atoms with Gasteiger partial charge in [0.1, 0.15) is 0 Å². The lowest BCUT2D eigenvalue weighted by Crippen LogP contribution is -2.23. The zero-order valence-electron chi connectivity index (χ0n) is 13.3. The SMILES string of the molecule is Cc1ccc(C(=O)Nc2c(Cl)cccc2Cl)cc1S(=O)(=O)N(C)C. The number of halogens is 2. The van der Waals surface area contributed by atoms with Crippen molar-refractivity contribution in [1.82, 2.24) is 4.31 Å². The summed E-state index contributed by atoms with van der Waals surface area (Å²) in [4.78, 5) is 12.5. The van der Waals surface area contributed by atoms with Crippen molar-refractivity contribution in [3.8, 4) is 0 Å². The topological polar surface area (TPSA) is 66.5 Å². The first-order valence-corrected chi connectivity index (χ1v) is 9.12. The number of carbonyl (C=O) groups is 1. The van der Waals surface area contributed by atoms with Gasteiger partial charge in [-0.05, 0) is 36.8 Å². The van der Waals surface area contributed by atoms with Gasteiger partial charge in [0.05, 0.1) is 20.6 Å². The van der Waals surface area contributed by atoms with Crippen molar-refractivity contribution in [1.29, 1.82) is 0 Å². The van der Waals surface area contributed by atoms with E-state index in [1.165, 1.54) is 20.2 Å². The minimum atomic E-state index is -3.65. The number of rotatable bonds is 4. The normalized spacial score (nSPS) is 11.6. The fraction of sp³-hybridized carbons (Fsp3) is 0.188. The minimum Gasteiger partial charge on any atom is -0.319 e. The van der Waals surface area contributed by atoms with E-state index in [2.05, 4.69) is 5.32 Å². The molecule has 0 heterocycles. The Hall–Kier alpha value is -1.60. The molecule has 0 atom stereocenters. The first kappa shape index (κ1) is 18.7. The maximum atomic E-state index is 12.4. The number of hydrogen-bond donors (Lipinski definition) is 1. The van der Waals surface area contributed by atoms with Gasteiger partial charge in [-0.25, -0.2) is 12.7 Å². The molecule has 1 N–H and O–H groups in total. The molecule has 0 saturated heterocycles. The standard InChI is InChI=1S/C16H16Cl2N2O3S/c1-10-7-8-11(9-14(10)24(22,23)20(2)3)16(21)19-15-12(17)5-4-6-13(15)18/h4-9H,1-3H3,(H,19,21). The van der Waals surface area contributed by atoms with Gasteiger partial charge in [-0.1, -0.05) is 35.3 Å². The van der Waals surface area contributed by atoms with Crippen LogP contribution in [-0.2, 0) is 10.0 Å². The molecule has 5 nitrogen and oxygen atoms in total. The van der Waals surface area contributed by atoms with E-state index in [9.17, 15) is 13.2 Å². The summed E-state index contributed by atoms with van der Waals surface area (Å²) in [6.45, 7) is 1.67. The van der Waals surface area contributed by atoms with Gasteiger partial charge >= 0.3 is 0 Å². The summed E-state index contributed by atoms with van der Waals surface area (Å²) in [6, 6.07) is 9.32. The second-order valence-electron chi connectivity index (χ2n) is 5.32. The van der Waals surface area contributed by atoms with Crippen molar-refractivity contribution in [3.05, 3.63) is 57.6 Å². The molecule has 2 aromatic carbocycles. The molecule has 0 saturated carbocycles. The van der Waals surface area contributed by atoms with Crippen LogP contribution >= 0.6 is 23.2 Å². The average Bonchev–Trinajstić information content (AvgIpc) is 2.51. The molecule has 1 amide bonds. The van der Waals surface area contributed by atoms with E-state index in [1.807, 2.05) is 0 Å². The molecule has 0 aliphatic carbocycles. The fourth-order valence-corrected chi connectivity index (χ4v) is 3.66. The lowest BCUT2D eigenvalue weighted by atomic mass is 10.1. The molecule has 0 bridgehead atoms. The van der Waals surface area contributed by atoms with Crippen molar-refractivity contribution in [2.45, 2.75) is 11.8 Å². The molecule has 0 aliphatic rings. The van der Waals surface area contributed by atoms with Gasteiger partial charge in [0.2, 0.25) is 10.0 Å². The number of hydrogen-bond acceptors (Lipinski definition) is 3. The van der Waals surface area contributed by atoms with E-state index in [0.29, 0.717) is 15.6 Å². The number of para-hydroxylation sites is 1. The highest BCUT2D eigenvalue weighted by Gasteiger charge is 2.22. The molecule has 0 fully saturated rings. The second-order valence-corrected chi connectivity index (χ2v) is 8.25. The molecule has 0 unspecified atom stereocenters. The number of nitrogens with zero attached hydrogens (tertiary/aromatic N) is 1. The van der Waals surface area contributed by atoms with Gasteiger partial charge in [0.15, 0.2) is 0 Å². The number of carbonyl (C=O) groups excluding carboxylic acids is 1. The van der Waals surface area contributed by atoms with Crippen molar-refractivity contribution in [2.24, 2.45) is 0 Å². The third-order valence-electron chi connectivity index (χ3n) is 3.41. The zero-order valence-corrected chi connectivity index (χ0v) is 15.6. The third-order valence-corrected chi connectivity index (χ3v) is 6.00. The number of sulfonamides is 1. The summed E-state index contributed by atoms with van der Waals surface area (Å²) in [5.74, 6) is -0.500. The molecule has 128 valence electrons. The van der Waals surface area contributed by atoms with Crippen LogP contribution in [0, 0.1) is 6.92 Å². The summed E-state index contributed by atoms with van der Waals surface area (Å²) in [5.41, 5.74) is 1.02. The van der Waals surface area contributed by atoms with Crippen LogP contribution in [0.5, 0.6) is 0 Å². The van der Waals surface area contributed by atoms with E-state index in [-0.39, 0.29) is 16.1 Å². The lowest BCUT2D eigenvalue weighted by Gasteiger charge is -2.15. The van der Waals surface area contributed by atoms with Crippen molar-refractivity contribution in [2.75, 3.05) is 19.4 Å². The Morgan fingerprint density at radius 2 is 1.67 bits per heavy atom. The number of amides is 1. The molecule has 0 radical (unpaired) electrons. The lowest BCUT2D eigenvalue weighted by molar-refractivity contribution is 0.102. The summed E-state index contributed by atoms with van der Waals surface area (Å²) in [6.07, 6.45) is 0. The van der Waals surface area contributed by atoms with Crippen LogP contribution in [0.3, 0.4) is 0 Å². The molecule has 0 aliphatic heterocycles. The molecule has 2 aromatic rings. The van der Waals surface area contributed by atoms with Gasteiger partial charge in [0, 0.05) is 19.7 Å². The highest BCUT2D eigenvalue weighted by atomic mass is 35.5. The van der Waals surface area contributed by atoms with Gasteiger partial charge in [-0.2, -0.15) is 0 Å². The molecule has 0 spiro atoms. The van der Waals surface area contributed by atoms with Crippen molar-refractivity contribution < 1.29 is 13.2 Å². The molecule has 2 rings (SSSR count). The third kappa shape index (κ3) is 3.72. The van der Waals surface area contributed by atoms with Gasteiger partial charge in [0.25, 0.3) is 5.91 Å². The maximum Gasteiger partial charge on any atom is 0.255 e. The first-order chi connectivity index (χ1) is 11.1. The average molecular weight is 387 g/mol. The predicted octanol–water partition coefficient (Wildman–Crippen LogP) is 3.80. The fourth-order valence-electron chi connectivity index (χ4n) is 2.02. The Kier molecular flexibility index (Phi) is 5.55. The Labute approximate surface area is 151 Å². The van der Waals surface area contributed by atoms with Crippen LogP contribution in [0.4, 0.5) is 5.69 Å². The summed E-state index contributed by atoms with van der Waals surface area (Å²) in [7, 11) is -0.780. The van der Waals surface area contributed by atoms with E-state index in [4.69, 9.17) is 23.2 Å². The monoisotopic (exact) mass is 386 g/mol. The molecule has 0 aromatic heterocycles. The van der Waals surface area contributed by atoms with Crippen molar-refractivity contribution >= 4 is 44.8 Å². The molecule has 24 heavy (non-hydrogen) atoms. The second kappa shape index (κ2) is 7.11. The Morgan fingerprint density at radius 1 is 1.08 bits per heavy atom. The number of benzene rings is 2. The van der Waals surface area contributed by atoms with E-state index >= 15 is 0 Å². The summed E-state index contributed by atoms with van der Waals surface area (Å²) >= 11 is 12.1. The molecular weight excluding hydrogens is 371 g/mol. The number of anilines is 1. The van der Waals surface area contributed by atoms with Crippen LogP contribution in [-0.4, -0.2) is 32.7 Å². The summed E-state index contributed by atoms with van der Waals surface area (Å²) < 4.78 is 25.8. The highest BCUT2D eigenvalue weighted by Crippen LogP contribution is 2.30. The zero-order chi connectivity index (χ0) is 18.1. The molecular formula is C16H16Cl2N2O3S. The van der Waals surface area contributed by atoms with Gasteiger partial charge < -0.3 is 5.32 Å². The first-order valence-electron chi connectivity index (χ1n) is 6.93. The Morgan fingerprint density at radius 3 is 2.21 bits per heavy atom. The Bertz CT molecular complexity index is 876. The number of aryl methyl sites for hydroxylation is 1. The maximum absolute atomic E-state index is 12.4. The van der Waals surface area contributed by atoms with Crippen molar-refractivity contribution in [3.63, 3.8) is 0 Å². The van der Waals surface area contributed by atoms with Gasteiger partial charge in [-0.15, -0.1) is 0 Å².